The molecule has 0 amide bonds. The lowest BCUT2D eigenvalue weighted by atomic mass is 10.1. The van der Waals surface area contributed by atoms with Crippen LogP contribution in [0.4, 0.5) is 0 Å². The first-order valence-corrected chi connectivity index (χ1v) is 13.6. The standard InChI is InChI=1S/C16H10Cl2O2S6/c1-3-21-11-7(17)5-6(9-13(11)25-15(19)23-9)8(18)12(22-4-2)14-10(5)24-16(20)26-14/h3-4H2,1-2H3. The zero-order chi connectivity index (χ0) is 18.6. The van der Waals surface area contributed by atoms with Crippen LogP contribution in [0.3, 0.4) is 0 Å². The maximum Gasteiger partial charge on any atom is 0.288 e. The SMILES string of the molecule is CCSc1c(Cl)c2c3sc(=O)sc3c(SCC)c(Cl)c2c2sc(=O)sc12. The molecule has 0 aliphatic carbocycles. The second-order valence-corrected chi connectivity index (χ2v) is 12.9. The molecule has 0 N–H and O–H groups in total. The van der Waals surface area contributed by atoms with Gasteiger partial charge >= 0.3 is 0 Å². The molecule has 2 nitrogen and oxygen atoms in total. The first kappa shape index (κ1) is 19.5. The van der Waals surface area contributed by atoms with Gasteiger partial charge in [-0.2, -0.15) is 0 Å². The Labute approximate surface area is 183 Å². The van der Waals surface area contributed by atoms with Gasteiger partial charge in [-0.15, -0.1) is 23.5 Å². The molecule has 2 heterocycles. The van der Waals surface area contributed by atoms with Gasteiger partial charge in [0, 0.05) is 20.6 Å². The van der Waals surface area contributed by atoms with Gasteiger partial charge in [0.2, 0.25) is 0 Å². The molecule has 0 saturated heterocycles. The van der Waals surface area contributed by atoms with Crippen LogP contribution >= 0.6 is 92.1 Å². The van der Waals surface area contributed by atoms with Gasteiger partial charge in [0.05, 0.1) is 28.8 Å². The van der Waals surface area contributed by atoms with Gasteiger partial charge in [-0.05, 0) is 11.5 Å². The van der Waals surface area contributed by atoms with E-state index in [1.54, 1.807) is 23.5 Å². The monoisotopic (exact) mass is 496 g/mol. The van der Waals surface area contributed by atoms with Crippen molar-refractivity contribution in [3.63, 3.8) is 0 Å². The zero-order valence-electron chi connectivity index (χ0n) is 13.4. The number of hydrogen-bond acceptors (Lipinski definition) is 8. The highest BCUT2D eigenvalue weighted by Gasteiger charge is 2.25. The highest BCUT2D eigenvalue weighted by atomic mass is 35.5. The maximum atomic E-state index is 12.2. The number of hydrogen-bond donors (Lipinski definition) is 0. The van der Waals surface area contributed by atoms with Crippen LogP contribution in [-0.4, -0.2) is 11.5 Å². The normalized spacial score (nSPS) is 12.0. The fourth-order valence-electron chi connectivity index (χ4n) is 2.81. The Morgan fingerprint density at radius 3 is 1.38 bits per heavy atom. The van der Waals surface area contributed by atoms with Crippen molar-refractivity contribution in [2.24, 2.45) is 0 Å². The minimum Gasteiger partial charge on any atom is -0.265 e. The van der Waals surface area contributed by atoms with Crippen molar-refractivity contribution in [2.75, 3.05) is 11.5 Å². The Kier molecular flexibility index (Phi) is 5.67. The Morgan fingerprint density at radius 1 is 0.692 bits per heavy atom. The highest BCUT2D eigenvalue weighted by molar-refractivity contribution is 8.00. The van der Waals surface area contributed by atoms with Crippen LogP contribution in [0.5, 0.6) is 0 Å². The summed E-state index contributed by atoms with van der Waals surface area (Å²) >= 11 is 21.8. The molecule has 0 aliphatic rings. The lowest BCUT2D eigenvalue weighted by Gasteiger charge is -2.14. The number of fused-ring (bicyclic) bond motifs is 5. The van der Waals surface area contributed by atoms with Crippen molar-refractivity contribution in [3.05, 3.63) is 27.7 Å². The quantitative estimate of drug-likeness (QED) is 0.271. The molecular weight excluding hydrogens is 487 g/mol. The second-order valence-electron chi connectivity index (χ2n) is 5.13. The molecule has 136 valence electrons. The molecule has 0 aliphatic heterocycles. The first-order valence-electron chi connectivity index (χ1n) is 7.57. The van der Waals surface area contributed by atoms with Crippen LogP contribution in [-0.2, 0) is 0 Å². The van der Waals surface area contributed by atoms with E-state index < -0.39 is 0 Å². The van der Waals surface area contributed by atoms with Gasteiger partial charge in [0.25, 0.3) is 8.11 Å². The highest BCUT2D eigenvalue weighted by Crippen LogP contribution is 2.52. The molecule has 4 rings (SSSR count). The average Bonchev–Trinajstić information content (AvgIpc) is 3.16. The average molecular weight is 498 g/mol. The maximum absolute atomic E-state index is 12.2. The molecule has 0 atom stereocenters. The van der Waals surface area contributed by atoms with Crippen LogP contribution in [0.15, 0.2) is 19.4 Å². The van der Waals surface area contributed by atoms with E-state index in [0.717, 1.165) is 50.9 Å². The summed E-state index contributed by atoms with van der Waals surface area (Å²) in [6.45, 7) is 4.11. The summed E-state index contributed by atoms with van der Waals surface area (Å²) in [4.78, 5) is 26.2. The Balaban J connectivity index is 2.36. The smallest absolute Gasteiger partial charge is 0.265 e. The van der Waals surface area contributed by atoms with Gasteiger partial charge in [0.1, 0.15) is 0 Å². The molecule has 0 fully saturated rings. The van der Waals surface area contributed by atoms with E-state index in [1.807, 2.05) is 0 Å². The fourth-order valence-corrected chi connectivity index (χ4v) is 10.4. The predicted molar refractivity (Wildman–Crippen MR) is 126 cm³/mol. The van der Waals surface area contributed by atoms with Gasteiger partial charge in [-0.3, -0.25) is 9.59 Å². The number of thioether (sulfide) groups is 2. The molecule has 0 bridgehead atoms. The van der Waals surface area contributed by atoms with E-state index in [0.29, 0.717) is 10.0 Å². The first-order chi connectivity index (χ1) is 12.5. The molecule has 0 spiro atoms. The summed E-state index contributed by atoms with van der Waals surface area (Å²) in [7, 11) is 0. The van der Waals surface area contributed by atoms with E-state index in [9.17, 15) is 9.59 Å². The summed E-state index contributed by atoms with van der Waals surface area (Å²) in [5, 5.41) is 2.82. The van der Waals surface area contributed by atoms with E-state index in [2.05, 4.69) is 13.8 Å². The molecule has 2 aromatic carbocycles. The number of benzene rings is 2. The lowest BCUT2D eigenvalue weighted by Crippen LogP contribution is -1.86. The topological polar surface area (TPSA) is 34.1 Å². The van der Waals surface area contributed by atoms with Crippen molar-refractivity contribution in [3.8, 4) is 0 Å². The van der Waals surface area contributed by atoms with Crippen molar-refractivity contribution < 1.29 is 0 Å². The predicted octanol–water partition coefficient (Wildman–Crippen LogP) is 7.64. The summed E-state index contributed by atoms with van der Waals surface area (Å²) in [5.74, 6) is 1.69. The third-order valence-corrected chi connectivity index (χ3v) is 11.3. The molecule has 10 heteroatoms. The van der Waals surface area contributed by atoms with E-state index >= 15 is 0 Å². The largest absolute Gasteiger partial charge is 0.288 e. The van der Waals surface area contributed by atoms with E-state index in [4.69, 9.17) is 23.2 Å². The number of halogens is 2. The Morgan fingerprint density at radius 2 is 1.04 bits per heavy atom. The Hall–Kier alpha value is 0.200. The van der Waals surface area contributed by atoms with Crippen molar-refractivity contribution >= 4 is 122 Å². The van der Waals surface area contributed by atoms with Crippen molar-refractivity contribution in [1.82, 2.24) is 0 Å². The molecule has 0 radical (unpaired) electrons. The zero-order valence-corrected chi connectivity index (χ0v) is 19.8. The summed E-state index contributed by atoms with van der Waals surface area (Å²) < 4.78 is 3.63. The fraction of sp³-hybridized carbons (Fsp3) is 0.250. The van der Waals surface area contributed by atoms with E-state index in [1.165, 1.54) is 45.3 Å². The van der Waals surface area contributed by atoms with E-state index in [-0.39, 0.29) is 8.11 Å². The van der Waals surface area contributed by atoms with Crippen LogP contribution in [0, 0.1) is 0 Å². The van der Waals surface area contributed by atoms with Gasteiger partial charge in [-0.25, -0.2) is 0 Å². The van der Waals surface area contributed by atoms with Gasteiger partial charge in [0.15, 0.2) is 0 Å². The molecule has 4 aromatic rings. The summed E-state index contributed by atoms with van der Waals surface area (Å²) in [6.07, 6.45) is 0. The molecule has 2 aromatic heterocycles. The lowest BCUT2D eigenvalue weighted by molar-refractivity contribution is 1.49. The minimum absolute atomic E-state index is 0.0286. The third-order valence-electron chi connectivity index (χ3n) is 3.69. The molecule has 26 heavy (non-hydrogen) atoms. The van der Waals surface area contributed by atoms with Crippen LogP contribution < -0.4 is 8.11 Å². The number of rotatable bonds is 4. The van der Waals surface area contributed by atoms with Gasteiger partial charge < -0.3 is 0 Å². The van der Waals surface area contributed by atoms with Crippen LogP contribution in [0.1, 0.15) is 13.8 Å². The summed E-state index contributed by atoms with van der Waals surface area (Å²) in [5.41, 5.74) is 0. The molecule has 0 saturated carbocycles. The summed E-state index contributed by atoms with van der Waals surface area (Å²) in [6, 6.07) is 0. The molecule has 0 unspecified atom stereocenters. The van der Waals surface area contributed by atoms with Crippen molar-refractivity contribution in [1.29, 1.82) is 0 Å². The minimum atomic E-state index is 0.0286. The third kappa shape index (κ3) is 2.97. The van der Waals surface area contributed by atoms with Gasteiger partial charge in [-0.1, -0.05) is 82.4 Å². The van der Waals surface area contributed by atoms with Crippen LogP contribution in [0.2, 0.25) is 10.0 Å². The second kappa shape index (κ2) is 7.55. The molecular formula is C16H10Cl2O2S6. The van der Waals surface area contributed by atoms with Crippen molar-refractivity contribution in [2.45, 2.75) is 23.6 Å². The Bertz CT molecular complexity index is 1180. The van der Waals surface area contributed by atoms with Crippen LogP contribution in [0.25, 0.3) is 29.6 Å².